The summed E-state index contributed by atoms with van der Waals surface area (Å²) in [7, 11) is -1.22. The van der Waals surface area contributed by atoms with Gasteiger partial charge in [0.05, 0.1) is 12.8 Å². The van der Waals surface area contributed by atoms with Crippen molar-refractivity contribution in [2.75, 3.05) is 44.1 Å². The molecular weight excluding hydrogens is 410 g/mol. The number of aromatic nitrogens is 3. The van der Waals surface area contributed by atoms with Crippen LogP contribution in [0.2, 0.25) is 0 Å². The molecule has 0 saturated heterocycles. The van der Waals surface area contributed by atoms with Crippen LogP contribution in [0, 0.1) is 0 Å². The van der Waals surface area contributed by atoms with Gasteiger partial charge in [-0.15, -0.1) is 10.3 Å². The molecule has 7 nitrogen and oxygen atoms in total. The van der Waals surface area contributed by atoms with Gasteiger partial charge in [-0.3, -0.25) is 0 Å². The molecule has 3 aromatic rings. The summed E-state index contributed by atoms with van der Waals surface area (Å²) >= 11 is 0. The van der Waals surface area contributed by atoms with Crippen LogP contribution in [0.5, 0.6) is 5.75 Å². The zero-order chi connectivity index (χ0) is 22.1. The molecule has 168 valence electrons. The third kappa shape index (κ3) is 4.97. The van der Waals surface area contributed by atoms with Gasteiger partial charge in [0.1, 0.15) is 18.2 Å². The number of benzene rings is 1. The van der Waals surface area contributed by atoms with Crippen LogP contribution >= 0.6 is 10.3 Å². The summed E-state index contributed by atoms with van der Waals surface area (Å²) < 4.78 is 14.4. The van der Waals surface area contributed by atoms with E-state index in [1.165, 1.54) is 0 Å². The Kier molecular flexibility index (Phi) is 6.14. The lowest BCUT2D eigenvalue weighted by molar-refractivity contribution is 0.311. The first kappa shape index (κ1) is 21.9. The maximum atomic E-state index is 6.44. The second-order valence-electron chi connectivity index (χ2n) is 9.14. The monoisotopic (exact) mass is 443 g/mol. The van der Waals surface area contributed by atoms with Crippen molar-refractivity contribution in [2.45, 2.75) is 32.1 Å². The fourth-order valence-corrected chi connectivity index (χ4v) is 3.98. The lowest BCUT2D eigenvalue weighted by Gasteiger charge is -2.43. The summed E-state index contributed by atoms with van der Waals surface area (Å²) in [4.78, 5) is 4.80. The molecule has 1 aliphatic rings. The van der Waals surface area contributed by atoms with Crippen LogP contribution in [-0.2, 0) is 10.8 Å². The molecule has 0 atom stereocenters. The Labute approximate surface area is 186 Å². The summed E-state index contributed by atoms with van der Waals surface area (Å²) in [6.07, 6.45) is 8.25. The number of nitrogens with zero attached hydrogens (tertiary/aromatic N) is 3. The molecule has 0 unspecified atom stereocenters. The van der Waals surface area contributed by atoms with E-state index < -0.39 is 10.3 Å². The third-order valence-electron chi connectivity index (χ3n) is 5.80. The van der Waals surface area contributed by atoms with E-state index in [9.17, 15) is 0 Å². The van der Waals surface area contributed by atoms with Gasteiger partial charge in [0.2, 0.25) is 0 Å². The van der Waals surface area contributed by atoms with Gasteiger partial charge in [-0.2, -0.15) is 5.10 Å². The van der Waals surface area contributed by atoms with Gasteiger partial charge in [0.15, 0.2) is 5.65 Å². The van der Waals surface area contributed by atoms with Crippen LogP contribution in [-0.4, -0.2) is 58.1 Å². The predicted molar refractivity (Wildman–Crippen MR) is 129 cm³/mol. The van der Waals surface area contributed by atoms with E-state index in [2.05, 4.69) is 67.2 Å². The van der Waals surface area contributed by atoms with Gasteiger partial charge < -0.3 is 19.6 Å². The molecule has 8 heteroatoms. The van der Waals surface area contributed by atoms with E-state index in [-0.39, 0.29) is 4.75 Å². The van der Waals surface area contributed by atoms with E-state index in [4.69, 9.17) is 13.9 Å². The molecule has 1 aromatic carbocycles. The molecule has 0 amide bonds. The van der Waals surface area contributed by atoms with Gasteiger partial charge >= 0.3 is 0 Å². The summed E-state index contributed by atoms with van der Waals surface area (Å²) in [6.45, 7) is 10.3. The Balaban J connectivity index is 1.72. The number of hydrogen-bond acceptors (Lipinski definition) is 6. The second-order valence-corrected chi connectivity index (χ2v) is 13.1. The Morgan fingerprint density at radius 1 is 1.16 bits per heavy atom. The number of rotatable bonds is 3. The Hall–Kier alpha value is -2.29. The molecule has 4 bridgehead atoms. The van der Waals surface area contributed by atoms with Crippen molar-refractivity contribution in [2.24, 2.45) is 0 Å². The highest BCUT2D eigenvalue weighted by Crippen LogP contribution is 2.54. The summed E-state index contributed by atoms with van der Waals surface area (Å²) in [5, 5.41) is 11.3. The number of nitrogens with one attached hydrogen (secondary N) is 2. The van der Waals surface area contributed by atoms with Crippen molar-refractivity contribution in [1.82, 2.24) is 19.9 Å². The number of fused-ring (bicyclic) bond motifs is 4. The highest BCUT2D eigenvalue weighted by Gasteiger charge is 2.28. The summed E-state index contributed by atoms with van der Waals surface area (Å²) in [5.74, 6) is 1.69. The molecule has 3 heterocycles. The normalized spacial score (nSPS) is 15.9. The quantitative estimate of drug-likeness (QED) is 0.635. The maximum absolute atomic E-state index is 6.44. The van der Waals surface area contributed by atoms with Crippen molar-refractivity contribution in [3.8, 4) is 16.9 Å². The average molecular weight is 444 g/mol. The second kappa shape index (κ2) is 8.68. The Bertz CT molecular complexity index is 1060. The van der Waals surface area contributed by atoms with E-state index >= 15 is 0 Å². The Morgan fingerprint density at radius 3 is 2.81 bits per heavy atom. The lowest BCUT2D eigenvalue weighted by Crippen LogP contribution is -2.27. The number of ether oxygens (including phenoxy) is 1. The molecule has 1 aliphatic heterocycles. The zero-order valence-electron chi connectivity index (χ0n) is 19.1. The van der Waals surface area contributed by atoms with Crippen LogP contribution in [0.3, 0.4) is 0 Å². The SMILES string of the molecule is CC(C)(C)S(C)(C)OCc1cc2cc(c1)-c1cnn3ccc(nc13)NCCNCCO2. The largest absolute Gasteiger partial charge is 0.492 e. The molecule has 2 aromatic heterocycles. The topological polar surface area (TPSA) is 72.7 Å². The van der Waals surface area contributed by atoms with Gasteiger partial charge in [-0.25, -0.2) is 9.50 Å². The van der Waals surface area contributed by atoms with Crippen molar-refractivity contribution < 1.29 is 8.92 Å². The molecule has 0 saturated carbocycles. The molecule has 2 N–H and O–H groups in total. The maximum Gasteiger partial charge on any atom is 0.165 e. The minimum absolute atomic E-state index is 0.110. The zero-order valence-corrected chi connectivity index (χ0v) is 19.9. The van der Waals surface area contributed by atoms with Crippen molar-refractivity contribution in [1.29, 1.82) is 0 Å². The van der Waals surface area contributed by atoms with E-state index in [0.717, 1.165) is 53.5 Å². The lowest BCUT2D eigenvalue weighted by atomic mass is 10.1. The summed E-state index contributed by atoms with van der Waals surface area (Å²) in [5.41, 5.74) is 3.92. The molecule has 0 radical (unpaired) electrons. The third-order valence-corrected chi connectivity index (χ3v) is 9.45. The van der Waals surface area contributed by atoms with Crippen molar-refractivity contribution >= 4 is 21.8 Å². The van der Waals surface area contributed by atoms with Crippen molar-refractivity contribution in [3.05, 3.63) is 42.2 Å². The van der Waals surface area contributed by atoms with E-state index in [0.29, 0.717) is 13.2 Å². The van der Waals surface area contributed by atoms with E-state index in [1.807, 2.05) is 18.5 Å². The smallest absolute Gasteiger partial charge is 0.165 e. The first-order valence-corrected chi connectivity index (χ1v) is 13.0. The molecule has 31 heavy (non-hydrogen) atoms. The van der Waals surface area contributed by atoms with Crippen LogP contribution in [0.1, 0.15) is 26.3 Å². The first-order chi connectivity index (χ1) is 14.7. The number of anilines is 1. The van der Waals surface area contributed by atoms with E-state index in [1.54, 1.807) is 4.52 Å². The van der Waals surface area contributed by atoms with Gasteiger partial charge in [0.25, 0.3) is 0 Å². The number of hydrogen-bond donors (Lipinski definition) is 2. The molecule has 0 aliphatic carbocycles. The van der Waals surface area contributed by atoms with Gasteiger partial charge in [-0.1, -0.05) is 20.8 Å². The molecule has 4 rings (SSSR count). The Morgan fingerprint density at radius 2 is 2.00 bits per heavy atom. The van der Waals surface area contributed by atoms with Crippen LogP contribution in [0.4, 0.5) is 5.82 Å². The van der Waals surface area contributed by atoms with Crippen LogP contribution < -0.4 is 15.4 Å². The van der Waals surface area contributed by atoms with Crippen molar-refractivity contribution in [3.63, 3.8) is 0 Å². The first-order valence-electron chi connectivity index (χ1n) is 10.7. The minimum Gasteiger partial charge on any atom is -0.492 e. The molecular formula is C23H33N5O2S. The fraction of sp³-hybridized carbons (Fsp3) is 0.478. The van der Waals surface area contributed by atoms with Gasteiger partial charge in [0, 0.05) is 36.1 Å². The minimum atomic E-state index is -1.22. The standard InChI is InChI=1S/C23H33N5O2S/c1-23(2,3)31(4,5)30-16-17-12-18-14-19(13-17)29-11-9-24-7-8-25-21-6-10-28-22(27-21)20(18)15-26-28/h6,10,12-15,24H,7-9,11,16H2,1-5H3,(H,25,27). The van der Waals surface area contributed by atoms with Crippen LogP contribution in [0.15, 0.2) is 36.7 Å². The highest BCUT2D eigenvalue weighted by atomic mass is 32.3. The molecule has 0 fully saturated rings. The molecule has 0 spiro atoms. The fourth-order valence-electron chi connectivity index (χ4n) is 3.19. The average Bonchev–Trinajstić information content (AvgIpc) is 3.13. The van der Waals surface area contributed by atoms with Gasteiger partial charge in [-0.05, 0) is 47.9 Å². The van der Waals surface area contributed by atoms with Crippen LogP contribution in [0.25, 0.3) is 16.8 Å². The predicted octanol–water partition coefficient (Wildman–Crippen LogP) is 4.08. The highest BCUT2D eigenvalue weighted by molar-refractivity contribution is 8.29. The summed E-state index contributed by atoms with van der Waals surface area (Å²) in [6, 6.07) is 8.26.